The lowest BCUT2D eigenvalue weighted by atomic mass is 10.1. The quantitative estimate of drug-likeness (QED) is 0.345. The Bertz CT molecular complexity index is 1420. The lowest BCUT2D eigenvalue weighted by Crippen LogP contribution is -2.47. The molecule has 0 aromatic heterocycles. The molecule has 1 atom stereocenters. The van der Waals surface area contributed by atoms with Crippen LogP contribution in [0.25, 0.3) is 0 Å². The number of halogens is 1. The van der Waals surface area contributed by atoms with Crippen molar-refractivity contribution >= 4 is 21.8 Å². The van der Waals surface area contributed by atoms with Gasteiger partial charge >= 0.3 is 0 Å². The van der Waals surface area contributed by atoms with Crippen molar-refractivity contribution in [2.75, 3.05) is 20.2 Å². The minimum atomic E-state index is -3.51. The van der Waals surface area contributed by atoms with Gasteiger partial charge in [-0.25, -0.2) is 12.8 Å². The highest BCUT2D eigenvalue weighted by molar-refractivity contribution is 7.89. The van der Waals surface area contributed by atoms with E-state index in [4.69, 9.17) is 4.74 Å². The summed E-state index contributed by atoms with van der Waals surface area (Å²) < 4.78 is 45.8. The number of rotatable bonds is 12. The molecule has 1 saturated heterocycles. The number of carbonyl (C=O) groups is 2. The van der Waals surface area contributed by atoms with E-state index in [0.717, 1.165) is 24.0 Å². The molecule has 1 aliphatic rings. The van der Waals surface area contributed by atoms with Crippen molar-refractivity contribution in [3.8, 4) is 5.75 Å². The number of hydrogen-bond donors (Lipinski definition) is 1. The summed E-state index contributed by atoms with van der Waals surface area (Å²) in [6.07, 6.45) is 2.23. The highest BCUT2D eigenvalue weighted by Crippen LogP contribution is 2.22. The van der Waals surface area contributed by atoms with Gasteiger partial charge in [-0.05, 0) is 79.3 Å². The van der Waals surface area contributed by atoms with Crippen LogP contribution in [0.3, 0.4) is 0 Å². The van der Waals surface area contributed by atoms with Crippen LogP contribution in [0.4, 0.5) is 4.39 Å². The van der Waals surface area contributed by atoms with Gasteiger partial charge in [0, 0.05) is 32.6 Å². The topological polar surface area (TPSA) is 96.0 Å². The van der Waals surface area contributed by atoms with Gasteiger partial charge in [-0.15, -0.1) is 0 Å². The molecular formula is C31H36FN3O5S. The molecule has 1 heterocycles. The molecule has 0 radical (unpaired) electrons. The van der Waals surface area contributed by atoms with E-state index in [9.17, 15) is 22.4 Å². The van der Waals surface area contributed by atoms with E-state index < -0.39 is 16.1 Å². The van der Waals surface area contributed by atoms with Gasteiger partial charge in [0.15, 0.2) is 0 Å². The zero-order valence-corrected chi connectivity index (χ0v) is 24.2. The third-order valence-electron chi connectivity index (χ3n) is 7.31. The van der Waals surface area contributed by atoms with Crippen LogP contribution < -0.4 is 10.1 Å². The monoisotopic (exact) mass is 581 g/mol. The van der Waals surface area contributed by atoms with Crippen LogP contribution in [-0.4, -0.2) is 55.7 Å². The van der Waals surface area contributed by atoms with E-state index in [1.807, 2.05) is 24.3 Å². The van der Waals surface area contributed by atoms with Gasteiger partial charge < -0.3 is 15.0 Å². The van der Waals surface area contributed by atoms with Crippen LogP contribution in [0.2, 0.25) is 0 Å². The van der Waals surface area contributed by atoms with Crippen LogP contribution >= 0.6 is 0 Å². The lowest BCUT2D eigenvalue weighted by Gasteiger charge is -2.29. The molecule has 1 aliphatic heterocycles. The maximum atomic E-state index is 13.5. The number of benzene rings is 3. The summed E-state index contributed by atoms with van der Waals surface area (Å²) in [7, 11) is -1.92. The van der Waals surface area contributed by atoms with Crippen molar-refractivity contribution in [3.63, 3.8) is 0 Å². The molecule has 0 aliphatic carbocycles. The fourth-order valence-corrected chi connectivity index (χ4v) is 6.27. The SMILES string of the molecule is COc1ccc(CNC(=O)[C@H](C)N(Cc2ccc(F)cc2)C(=O)CCc2ccc(S(=O)(=O)N3CCCC3)cc2)cc1. The van der Waals surface area contributed by atoms with E-state index in [1.165, 1.54) is 21.3 Å². The number of ether oxygens (including phenoxy) is 1. The molecule has 0 bridgehead atoms. The summed E-state index contributed by atoms with van der Waals surface area (Å²) in [5.41, 5.74) is 2.40. The molecule has 41 heavy (non-hydrogen) atoms. The zero-order chi connectivity index (χ0) is 29.4. The standard InChI is InChI=1S/C31H36FN3O5S/c1-23(31(37)33-21-25-7-14-28(40-2)15-8-25)35(22-26-5-12-27(32)13-6-26)30(36)18-11-24-9-16-29(17-10-24)41(38,39)34-19-3-4-20-34/h5-10,12-17,23H,3-4,11,18-22H2,1-2H3,(H,33,37)/t23-/m0/s1. The maximum absolute atomic E-state index is 13.5. The Hall–Kier alpha value is -3.76. The first kappa shape index (κ1) is 30.2. The molecule has 218 valence electrons. The first-order valence-corrected chi connectivity index (χ1v) is 15.1. The predicted molar refractivity (Wildman–Crippen MR) is 154 cm³/mol. The molecule has 3 aromatic carbocycles. The van der Waals surface area contributed by atoms with Gasteiger partial charge in [-0.2, -0.15) is 4.31 Å². The summed E-state index contributed by atoms with van der Waals surface area (Å²) in [4.78, 5) is 28.3. The van der Waals surface area contributed by atoms with E-state index in [1.54, 1.807) is 50.4 Å². The van der Waals surface area contributed by atoms with Crippen molar-refractivity contribution < 1.29 is 27.1 Å². The van der Waals surface area contributed by atoms with Gasteiger partial charge in [0.1, 0.15) is 17.6 Å². The fourth-order valence-electron chi connectivity index (χ4n) is 4.75. The molecule has 8 nitrogen and oxygen atoms in total. The molecule has 0 spiro atoms. The van der Waals surface area contributed by atoms with Crippen molar-refractivity contribution in [2.45, 2.75) is 56.6 Å². The molecule has 1 fully saturated rings. The van der Waals surface area contributed by atoms with E-state index in [-0.39, 0.29) is 35.5 Å². The summed E-state index contributed by atoms with van der Waals surface area (Å²) in [5, 5.41) is 2.89. The number of methoxy groups -OCH3 is 1. The smallest absolute Gasteiger partial charge is 0.243 e. The second-order valence-electron chi connectivity index (χ2n) is 10.1. The van der Waals surface area contributed by atoms with Crippen LogP contribution in [-0.2, 0) is 39.1 Å². The number of amides is 2. The number of carbonyl (C=O) groups excluding carboxylic acids is 2. The van der Waals surface area contributed by atoms with Gasteiger partial charge in [0.05, 0.1) is 12.0 Å². The zero-order valence-electron chi connectivity index (χ0n) is 23.4. The molecular weight excluding hydrogens is 545 g/mol. The Kier molecular flexibility index (Phi) is 10.1. The first-order chi connectivity index (χ1) is 19.7. The van der Waals surface area contributed by atoms with Crippen LogP contribution in [0, 0.1) is 5.82 Å². The maximum Gasteiger partial charge on any atom is 0.243 e. The van der Waals surface area contributed by atoms with Gasteiger partial charge in [0.25, 0.3) is 0 Å². The van der Waals surface area contributed by atoms with Gasteiger partial charge in [0.2, 0.25) is 21.8 Å². The number of aryl methyl sites for hydroxylation is 1. The third kappa shape index (κ3) is 7.92. The first-order valence-electron chi connectivity index (χ1n) is 13.7. The Morgan fingerprint density at radius 1 is 0.927 bits per heavy atom. The van der Waals surface area contributed by atoms with Crippen LogP contribution in [0.5, 0.6) is 5.75 Å². The van der Waals surface area contributed by atoms with E-state index in [0.29, 0.717) is 37.4 Å². The van der Waals surface area contributed by atoms with Crippen molar-refractivity contribution in [1.82, 2.24) is 14.5 Å². The number of hydrogen-bond acceptors (Lipinski definition) is 5. The molecule has 0 unspecified atom stereocenters. The Morgan fingerprint density at radius 2 is 1.51 bits per heavy atom. The lowest BCUT2D eigenvalue weighted by molar-refractivity contribution is -0.140. The van der Waals surface area contributed by atoms with Crippen molar-refractivity contribution in [1.29, 1.82) is 0 Å². The average molecular weight is 582 g/mol. The Labute approximate surface area is 241 Å². The molecule has 10 heteroatoms. The number of nitrogens with one attached hydrogen (secondary N) is 1. The van der Waals surface area contributed by atoms with Crippen molar-refractivity contribution in [2.24, 2.45) is 0 Å². The molecule has 4 rings (SSSR count). The summed E-state index contributed by atoms with van der Waals surface area (Å²) in [5.74, 6) is -0.220. The molecule has 0 saturated carbocycles. The number of nitrogens with zero attached hydrogens (tertiary/aromatic N) is 2. The Morgan fingerprint density at radius 3 is 2.12 bits per heavy atom. The van der Waals surface area contributed by atoms with E-state index >= 15 is 0 Å². The summed E-state index contributed by atoms with van der Waals surface area (Å²) in [6, 6.07) is 19.0. The summed E-state index contributed by atoms with van der Waals surface area (Å²) >= 11 is 0. The predicted octanol–water partition coefficient (Wildman–Crippen LogP) is 4.29. The van der Waals surface area contributed by atoms with Crippen LogP contribution in [0.15, 0.2) is 77.7 Å². The van der Waals surface area contributed by atoms with Crippen LogP contribution in [0.1, 0.15) is 42.9 Å². The minimum absolute atomic E-state index is 0.121. The normalized spacial score (nSPS) is 14.4. The molecule has 1 N–H and O–H groups in total. The number of sulfonamides is 1. The third-order valence-corrected chi connectivity index (χ3v) is 9.23. The summed E-state index contributed by atoms with van der Waals surface area (Å²) in [6.45, 7) is 3.17. The highest BCUT2D eigenvalue weighted by atomic mass is 32.2. The molecule has 2 amide bonds. The van der Waals surface area contributed by atoms with Crippen molar-refractivity contribution in [3.05, 3.63) is 95.3 Å². The second-order valence-corrected chi connectivity index (χ2v) is 12.1. The Balaban J connectivity index is 1.41. The van der Waals surface area contributed by atoms with Gasteiger partial charge in [-0.1, -0.05) is 36.4 Å². The second kappa shape index (κ2) is 13.7. The highest BCUT2D eigenvalue weighted by Gasteiger charge is 2.28. The van der Waals surface area contributed by atoms with E-state index in [2.05, 4.69) is 5.32 Å². The van der Waals surface area contributed by atoms with Gasteiger partial charge in [-0.3, -0.25) is 9.59 Å². The fraction of sp³-hybridized carbons (Fsp3) is 0.355. The average Bonchev–Trinajstić information content (AvgIpc) is 3.55. The molecule has 3 aromatic rings. The minimum Gasteiger partial charge on any atom is -0.497 e. The largest absolute Gasteiger partial charge is 0.497 e.